The van der Waals surface area contributed by atoms with Gasteiger partial charge in [0.15, 0.2) is 10.9 Å². The minimum Gasteiger partial charge on any atom is -0.306 e. The highest BCUT2D eigenvalue weighted by Crippen LogP contribution is 2.38. The summed E-state index contributed by atoms with van der Waals surface area (Å²) in [6.45, 7) is 5.40. The Hall–Kier alpha value is -3.51. The molecule has 34 heavy (non-hydrogen) atoms. The summed E-state index contributed by atoms with van der Waals surface area (Å²) in [7, 11) is 0. The Morgan fingerprint density at radius 2 is 2.06 bits per heavy atom. The van der Waals surface area contributed by atoms with Crippen molar-refractivity contribution in [1.29, 1.82) is 10.7 Å². The Kier molecular flexibility index (Phi) is 6.04. The van der Waals surface area contributed by atoms with Crippen molar-refractivity contribution in [3.63, 3.8) is 0 Å². The summed E-state index contributed by atoms with van der Waals surface area (Å²) in [6.07, 6.45) is 6.00. The molecule has 0 aromatic heterocycles. The Labute approximate surface area is 202 Å². The summed E-state index contributed by atoms with van der Waals surface area (Å²) in [5, 5.41) is 18.0. The third-order valence-corrected chi connectivity index (χ3v) is 6.64. The number of nitriles is 1. The molecule has 0 amide bonds. The number of nitrogens with one attached hydrogen (secondary N) is 1. The van der Waals surface area contributed by atoms with Crippen LogP contribution >= 0.6 is 12.2 Å². The number of halogens is 2. The number of rotatable bonds is 3. The minimum atomic E-state index is -0.971. The second-order valence-electron chi connectivity index (χ2n) is 8.78. The average Bonchev–Trinajstić information content (AvgIpc) is 2.96. The predicted molar refractivity (Wildman–Crippen MR) is 131 cm³/mol. The van der Waals surface area contributed by atoms with Gasteiger partial charge in [-0.25, -0.2) is 8.78 Å². The van der Waals surface area contributed by atoms with E-state index < -0.39 is 23.1 Å². The van der Waals surface area contributed by atoms with Crippen molar-refractivity contribution < 1.29 is 13.6 Å². The van der Waals surface area contributed by atoms with Gasteiger partial charge >= 0.3 is 0 Å². The second-order valence-corrected chi connectivity index (χ2v) is 9.14. The summed E-state index contributed by atoms with van der Waals surface area (Å²) < 4.78 is 29.8. The highest BCUT2D eigenvalue weighted by atomic mass is 32.1. The molecular weight excluding hydrogens is 456 g/mol. The molecule has 0 bridgehead atoms. The van der Waals surface area contributed by atoms with Crippen LogP contribution < -0.4 is 4.90 Å². The molecule has 2 heterocycles. The normalized spacial score (nSPS) is 25.3. The smallest absolute Gasteiger partial charge is 0.187 e. The molecule has 2 aliphatic heterocycles. The number of benzene rings is 1. The third-order valence-electron chi connectivity index (χ3n) is 6.27. The first-order chi connectivity index (χ1) is 16.1. The molecule has 0 radical (unpaired) electrons. The van der Waals surface area contributed by atoms with E-state index in [1.54, 1.807) is 30.9 Å². The zero-order valence-electron chi connectivity index (χ0n) is 19.0. The van der Waals surface area contributed by atoms with Crippen LogP contribution in [0.4, 0.5) is 14.5 Å². The first-order valence-corrected chi connectivity index (χ1v) is 11.3. The van der Waals surface area contributed by atoms with Gasteiger partial charge in [-0.1, -0.05) is 13.0 Å². The first-order valence-electron chi connectivity index (χ1n) is 10.9. The van der Waals surface area contributed by atoms with Crippen LogP contribution in [0, 0.1) is 28.5 Å². The SMILES string of the molecule is CCC1=CC(=O)C2CC/C=C(N3C(=S)N(c4ccc(C#N)c(F)c4)C(=N)C3(C)C)\C=C(\F)C2=N1. The zero-order valence-corrected chi connectivity index (χ0v) is 19.8. The number of allylic oxidation sites excluding steroid dienone is 5. The van der Waals surface area contributed by atoms with E-state index in [4.69, 9.17) is 22.9 Å². The number of ketones is 1. The molecule has 4 rings (SSSR count). The summed E-state index contributed by atoms with van der Waals surface area (Å²) in [6, 6.07) is 5.79. The topological polar surface area (TPSA) is 83.5 Å². The maximum atomic E-state index is 15.5. The number of hydrogen-bond donors (Lipinski definition) is 1. The van der Waals surface area contributed by atoms with E-state index in [1.165, 1.54) is 29.2 Å². The van der Waals surface area contributed by atoms with Gasteiger partial charge in [-0.2, -0.15) is 5.26 Å². The molecule has 1 saturated heterocycles. The summed E-state index contributed by atoms with van der Waals surface area (Å²) in [5.41, 5.74) is 0.328. The Morgan fingerprint density at radius 1 is 1.32 bits per heavy atom. The third kappa shape index (κ3) is 3.78. The van der Waals surface area contributed by atoms with Gasteiger partial charge in [0.2, 0.25) is 0 Å². The van der Waals surface area contributed by atoms with Crippen molar-refractivity contribution >= 4 is 40.3 Å². The van der Waals surface area contributed by atoms with Gasteiger partial charge in [0.1, 0.15) is 23.5 Å². The van der Waals surface area contributed by atoms with Gasteiger partial charge in [0, 0.05) is 17.5 Å². The number of carbonyl (C=O) groups is 1. The highest BCUT2D eigenvalue weighted by Gasteiger charge is 2.48. The number of fused-ring (bicyclic) bond motifs is 1. The average molecular weight is 480 g/mol. The number of carbonyl (C=O) groups excluding carboxylic acids is 1. The zero-order chi connectivity index (χ0) is 24.8. The lowest BCUT2D eigenvalue weighted by atomic mass is 9.87. The molecule has 6 nitrogen and oxygen atoms in total. The van der Waals surface area contributed by atoms with Crippen LogP contribution in [-0.2, 0) is 4.79 Å². The maximum absolute atomic E-state index is 15.5. The van der Waals surface area contributed by atoms with Crippen LogP contribution in [0.3, 0.4) is 0 Å². The molecule has 1 unspecified atom stereocenters. The highest BCUT2D eigenvalue weighted by molar-refractivity contribution is 7.80. The first kappa shape index (κ1) is 23.6. The number of nitrogens with zero attached hydrogens (tertiary/aromatic N) is 4. The van der Waals surface area contributed by atoms with Gasteiger partial charge in [-0.15, -0.1) is 0 Å². The fraction of sp³-hybridized carbons (Fsp3) is 0.320. The maximum Gasteiger partial charge on any atom is 0.187 e. The van der Waals surface area contributed by atoms with E-state index in [2.05, 4.69) is 4.99 Å². The van der Waals surface area contributed by atoms with Gasteiger partial charge in [-0.05, 0) is 69.6 Å². The monoisotopic (exact) mass is 479 g/mol. The second kappa shape index (κ2) is 8.69. The molecule has 1 fully saturated rings. The largest absolute Gasteiger partial charge is 0.306 e. The lowest BCUT2D eigenvalue weighted by Gasteiger charge is -2.32. The van der Waals surface area contributed by atoms with Crippen LogP contribution in [0.25, 0.3) is 0 Å². The molecule has 0 spiro atoms. The summed E-state index contributed by atoms with van der Waals surface area (Å²) >= 11 is 5.68. The molecule has 9 heteroatoms. The molecule has 1 aromatic carbocycles. The number of hydrogen-bond acceptors (Lipinski definition) is 5. The van der Waals surface area contributed by atoms with Crippen molar-refractivity contribution in [2.24, 2.45) is 10.9 Å². The Bertz CT molecular complexity index is 1280. The van der Waals surface area contributed by atoms with Crippen molar-refractivity contribution in [3.8, 4) is 6.07 Å². The lowest BCUT2D eigenvalue weighted by Crippen LogP contribution is -2.43. The molecule has 1 aliphatic carbocycles. The Morgan fingerprint density at radius 3 is 2.71 bits per heavy atom. The van der Waals surface area contributed by atoms with Crippen LogP contribution in [0.1, 0.15) is 45.6 Å². The van der Waals surface area contributed by atoms with E-state index in [1.807, 2.05) is 6.92 Å². The fourth-order valence-electron chi connectivity index (χ4n) is 4.38. The van der Waals surface area contributed by atoms with E-state index in [9.17, 15) is 9.18 Å². The standard InChI is InChI=1S/C25H23F2N5OS/c1-4-15-10-21(33)18-7-5-6-17(12-20(27)22(18)30-15)32-24(34)31(23(29)25(32,2)3)16-9-8-14(13-28)19(26)11-16/h6,8-12,18,29H,4-5,7H2,1-3H3/b17-6+,20-12+,29-23?. The van der Waals surface area contributed by atoms with E-state index in [-0.39, 0.29) is 28.0 Å². The molecular formula is C25H23F2N5OS. The lowest BCUT2D eigenvalue weighted by molar-refractivity contribution is -0.116. The Balaban J connectivity index is 1.75. The van der Waals surface area contributed by atoms with Crippen LogP contribution in [0.2, 0.25) is 0 Å². The van der Waals surface area contributed by atoms with Gasteiger partial charge in [0.25, 0.3) is 0 Å². The molecule has 0 saturated carbocycles. The van der Waals surface area contributed by atoms with Gasteiger partial charge in [-0.3, -0.25) is 20.1 Å². The number of aliphatic imine (C=N–C) groups is 1. The van der Waals surface area contributed by atoms with E-state index in [0.29, 0.717) is 36.3 Å². The minimum absolute atomic E-state index is 0.0811. The predicted octanol–water partition coefficient (Wildman–Crippen LogP) is 5.33. The molecule has 3 aliphatic rings. The molecule has 174 valence electrons. The van der Waals surface area contributed by atoms with Crippen LogP contribution in [0.15, 0.2) is 58.6 Å². The van der Waals surface area contributed by atoms with Crippen molar-refractivity contribution in [3.05, 3.63) is 65.0 Å². The van der Waals surface area contributed by atoms with E-state index in [0.717, 1.165) is 6.07 Å². The molecule has 1 N–H and O–H groups in total. The van der Waals surface area contributed by atoms with Crippen molar-refractivity contribution in [2.45, 2.75) is 45.6 Å². The van der Waals surface area contributed by atoms with Crippen molar-refractivity contribution in [1.82, 2.24) is 4.90 Å². The van der Waals surface area contributed by atoms with Gasteiger partial charge < -0.3 is 4.90 Å². The quantitative estimate of drug-likeness (QED) is 0.593. The number of amidine groups is 1. The molecule has 1 atom stereocenters. The molecule has 1 aromatic rings. The van der Waals surface area contributed by atoms with Crippen LogP contribution in [0.5, 0.6) is 0 Å². The summed E-state index contributed by atoms with van der Waals surface area (Å²) in [5.74, 6) is -2.02. The van der Waals surface area contributed by atoms with Crippen molar-refractivity contribution in [2.75, 3.05) is 4.90 Å². The van der Waals surface area contributed by atoms with Crippen LogP contribution in [-0.4, -0.2) is 32.9 Å². The van der Waals surface area contributed by atoms with E-state index >= 15 is 4.39 Å². The number of thiocarbonyl (C=S) groups is 1. The fourth-order valence-corrected chi connectivity index (χ4v) is 4.91. The van der Waals surface area contributed by atoms with Gasteiger partial charge in [0.05, 0.1) is 28.4 Å². The number of anilines is 1. The summed E-state index contributed by atoms with van der Waals surface area (Å²) in [4.78, 5) is 20.0.